The molecule has 0 aliphatic carbocycles. The van der Waals surface area contributed by atoms with E-state index < -0.39 is 5.41 Å². The molecule has 202 valence electrons. The van der Waals surface area contributed by atoms with Crippen LogP contribution < -0.4 is 9.47 Å². The lowest BCUT2D eigenvalue weighted by Gasteiger charge is -2.45. The second kappa shape index (κ2) is 9.13. The van der Waals surface area contributed by atoms with Crippen molar-refractivity contribution in [1.29, 1.82) is 0 Å². The molecule has 0 radical (unpaired) electrons. The number of para-hydroxylation sites is 3. The Hall–Kier alpha value is -5.74. The van der Waals surface area contributed by atoms with Crippen molar-refractivity contribution < 1.29 is 9.47 Å². The van der Waals surface area contributed by atoms with Gasteiger partial charge in [-0.05, 0) is 35.9 Å². The summed E-state index contributed by atoms with van der Waals surface area (Å²) in [7, 11) is 0. The van der Waals surface area contributed by atoms with Crippen LogP contribution in [0.1, 0.15) is 22.3 Å². The minimum atomic E-state index is -0.617. The molecule has 0 fully saturated rings. The van der Waals surface area contributed by atoms with Crippen LogP contribution in [-0.2, 0) is 5.41 Å². The average molecular weight is 553 g/mol. The van der Waals surface area contributed by atoms with Gasteiger partial charge in [0.15, 0.2) is 5.82 Å². The van der Waals surface area contributed by atoms with E-state index in [1.54, 1.807) is 0 Å². The minimum Gasteiger partial charge on any atom is -0.457 e. The first-order valence-electron chi connectivity index (χ1n) is 14.4. The average Bonchev–Trinajstić information content (AvgIpc) is 3.08. The van der Waals surface area contributed by atoms with E-state index in [4.69, 9.17) is 19.4 Å². The van der Waals surface area contributed by atoms with Crippen LogP contribution in [0, 0.1) is 0 Å². The summed E-state index contributed by atoms with van der Waals surface area (Å²) < 4.78 is 12.9. The molecule has 3 heterocycles. The molecular formula is C39H24N2O2. The minimum absolute atomic E-state index is 0.617. The molecule has 0 saturated heterocycles. The third kappa shape index (κ3) is 3.44. The highest BCUT2D eigenvalue weighted by Gasteiger charge is 2.51. The first kappa shape index (κ1) is 23.9. The van der Waals surface area contributed by atoms with E-state index in [1.165, 1.54) is 0 Å². The van der Waals surface area contributed by atoms with Crippen LogP contribution in [0.5, 0.6) is 23.0 Å². The predicted octanol–water partition coefficient (Wildman–Crippen LogP) is 9.56. The largest absolute Gasteiger partial charge is 0.457 e. The molecule has 9 rings (SSSR count). The van der Waals surface area contributed by atoms with Crippen LogP contribution in [-0.4, -0.2) is 9.97 Å². The first-order valence-corrected chi connectivity index (χ1v) is 14.4. The summed E-state index contributed by atoms with van der Waals surface area (Å²) in [6.45, 7) is 0. The Morgan fingerprint density at radius 1 is 0.442 bits per heavy atom. The molecule has 0 saturated carbocycles. The summed E-state index contributed by atoms with van der Waals surface area (Å²) in [4.78, 5) is 10.1. The molecule has 0 bridgehead atoms. The van der Waals surface area contributed by atoms with Crippen molar-refractivity contribution in [2.24, 2.45) is 0 Å². The van der Waals surface area contributed by atoms with E-state index >= 15 is 0 Å². The van der Waals surface area contributed by atoms with Crippen molar-refractivity contribution in [3.8, 4) is 45.6 Å². The summed E-state index contributed by atoms with van der Waals surface area (Å²) in [6, 6.07) is 49.9. The van der Waals surface area contributed by atoms with Gasteiger partial charge in [0.25, 0.3) is 0 Å². The Balaban J connectivity index is 1.27. The Kier molecular flexibility index (Phi) is 5.08. The maximum Gasteiger partial charge on any atom is 0.160 e. The lowest BCUT2D eigenvalue weighted by molar-refractivity contribution is 0.385. The molecule has 0 N–H and O–H groups in total. The first-order chi connectivity index (χ1) is 21.3. The molecular weight excluding hydrogens is 528 g/mol. The van der Waals surface area contributed by atoms with Gasteiger partial charge in [0, 0.05) is 27.6 Å². The van der Waals surface area contributed by atoms with Crippen molar-refractivity contribution in [2.45, 2.75) is 5.41 Å². The monoisotopic (exact) mass is 552 g/mol. The fourth-order valence-corrected chi connectivity index (χ4v) is 6.78. The smallest absolute Gasteiger partial charge is 0.160 e. The SMILES string of the molecule is c1ccc(-c2nc(-c3ccc(C45c6ccccc6Oc6cccc(c64)Oc4ccccc45)cc3)nc3ccccc23)cc1. The standard InChI is InChI=1S/C39H24N2O2/c1-2-11-25(12-3-1)37-28-13-4-7-16-31(28)40-38(41-37)26-21-23-27(24-22-26)39-29-14-5-8-17-32(29)42-34-19-10-20-35(36(34)39)43-33-18-9-6-15-30(33)39/h1-24H. The fraction of sp³-hybridized carbons (Fsp3) is 0.0256. The Morgan fingerprint density at radius 3 is 1.72 bits per heavy atom. The molecule has 0 spiro atoms. The third-order valence-corrected chi connectivity index (χ3v) is 8.61. The van der Waals surface area contributed by atoms with E-state index in [-0.39, 0.29) is 0 Å². The Bertz CT molecular complexity index is 2120. The molecule has 0 unspecified atom stereocenters. The number of aromatic nitrogens is 2. The van der Waals surface area contributed by atoms with E-state index in [2.05, 4.69) is 72.8 Å². The Morgan fingerprint density at radius 2 is 1.02 bits per heavy atom. The number of rotatable bonds is 3. The summed E-state index contributed by atoms with van der Waals surface area (Å²) in [5, 5.41) is 1.04. The highest BCUT2D eigenvalue weighted by atomic mass is 16.5. The van der Waals surface area contributed by atoms with Crippen molar-refractivity contribution in [3.63, 3.8) is 0 Å². The zero-order chi connectivity index (χ0) is 28.4. The van der Waals surface area contributed by atoms with Crippen LogP contribution in [0.15, 0.2) is 146 Å². The quantitative estimate of drug-likeness (QED) is 0.219. The second-order valence-corrected chi connectivity index (χ2v) is 10.9. The van der Waals surface area contributed by atoms with E-state index in [1.807, 2.05) is 72.8 Å². The van der Waals surface area contributed by atoms with Gasteiger partial charge in [-0.25, -0.2) is 9.97 Å². The van der Waals surface area contributed by atoms with E-state index in [0.717, 1.165) is 73.0 Å². The predicted molar refractivity (Wildman–Crippen MR) is 169 cm³/mol. The number of hydrogen-bond acceptors (Lipinski definition) is 4. The highest BCUT2D eigenvalue weighted by molar-refractivity contribution is 5.93. The van der Waals surface area contributed by atoms with Crippen LogP contribution in [0.4, 0.5) is 0 Å². The van der Waals surface area contributed by atoms with Crippen molar-refractivity contribution in [1.82, 2.24) is 9.97 Å². The molecule has 0 atom stereocenters. The third-order valence-electron chi connectivity index (χ3n) is 8.61. The lowest BCUT2D eigenvalue weighted by Crippen LogP contribution is -2.36. The van der Waals surface area contributed by atoms with Crippen molar-refractivity contribution in [2.75, 3.05) is 0 Å². The maximum atomic E-state index is 6.47. The number of hydrogen-bond donors (Lipinski definition) is 0. The molecule has 4 heteroatoms. The van der Waals surface area contributed by atoms with Gasteiger partial charge in [0.2, 0.25) is 0 Å². The molecule has 43 heavy (non-hydrogen) atoms. The maximum absolute atomic E-state index is 6.47. The van der Waals surface area contributed by atoms with Gasteiger partial charge < -0.3 is 9.47 Å². The van der Waals surface area contributed by atoms with Crippen LogP contribution in [0.2, 0.25) is 0 Å². The van der Waals surface area contributed by atoms with E-state index in [9.17, 15) is 0 Å². The molecule has 4 nitrogen and oxygen atoms in total. The van der Waals surface area contributed by atoms with Gasteiger partial charge in [-0.1, -0.05) is 115 Å². The molecule has 2 aliphatic rings. The van der Waals surface area contributed by atoms with Gasteiger partial charge in [-0.15, -0.1) is 0 Å². The number of fused-ring (bicyclic) bond motifs is 5. The fourth-order valence-electron chi connectivity index (χ4n) is 6.78. The van der Waals surface area contributed by atoms with Crippen LogP contribution >= 0.6 is 0 Å². The summed E-state index contributed by atoms with van der Waals surface area (Å²) >= 11 is 0. The molecule has 1 aromatic heterocycles. The Labute approximate surface area is 248 Å². The topological polar surface area (TPSA) is 44.2 Å². The van der Waals surface area contributed by atoms with E-state index in [0.29, 0.717) is 5.82 Å². The zero-order valence-electron chi connectivity index (χ0n) is 23.1. The van der Waals surface area contributed by atoms with Gasteiger partial charge in [0.1, 0.15) is 23.0 Å². The number of benzene rings is 6. The van der Waals surface area contributed by atoms with Crippen LogP contribution in [0.25, 0.3) is 33.5 Å². The number of ether oxygens (including phenoxy) is 2. The van der Waals surface area contributed by atoms with Gasteiger partial charge in [-0.3, -0.25) is 0 Å². The molecule has 6 aromatic carbocycles. The number of nitrogens with zero attached hydrogens (tertiary/aromatic N) is 2. The normalized spacial score (nSPS) is 13.7. The van der Waals surface area contributed by atoms with Crippen LogP contribution in [0.3, 0.4) is 0 Å². The van der Waals surface area contributed by atoms with Crippen molar-refractivity contribution >= 4 is 10.9 Å². The zero-order valence-corrected chi connectivity index (χ0v) is 23.1. The molecule has 2 aliphatic heterocycles. The molecule has 0 amide bonds. The second-order valence-electron chi connectivity index (χ2n) is 10.9. The summed E-state index contributed by atoms with van der Waals surface area (Å²) in [5.74, 6) is 4.00. The molecule has 7 aromatic rings. The van der Waals surface area contributed by atoms with Gasteiger partial charge in [-0.2, -0.15) is 0 Å². The summed E-state index contributed by atoms with van der Waals surface area (Å²) in [5.41, 5.74) is 7.58. The van der Waals surface area contributed by atoms with Gasteiger partial charge >= 0.3 is 0 Å². The highest BCUT2D eigenvalue weighted by Crippen LogP contribution is 2.62. The summed E-state index contributed by atoms with van der Waals surface area (Å²) in [6.07, 6.45) is 0. The lowest BCUT2D eigenvalue weighted by atomic mass is 9.62. The van der Waals surface area contributed by atoms with Gasteiger partial charge in [0.05, 0.1) is 22.2 Å². The van der Waals surface area contributed by atoms with Crippen molar-refractivity contribution in [3.05, 3.63) is 168 Å².